The normalized spacial score (nSPS) is 11.9. The van der Waals surface area contributed by atoms with Gasteiger partial charge in [-0.2, -0.15) is 0 Å². The van der Waals surface area contributed by atoms with Crippen LogP contribution in [0.1, 0.15) is 29.2 Å². The molecule has 0 radical (unpaired) electrons. The van der Waals surface area contributed by atoms with Gasteiger partial charge in [0.15, 0.2) is 0 Å². The van der Waals surface area contributed by atoms with Crippen LogP contribution in [0.3, 0.4) is 0 Å². The van der Waals surface area contributed by atoms with E-state index in [1.165, 1.54) is 12.1 Å². The monoisotopic (exact) mass is 323 g/mol. The zero-order chi connectivity index (χ0) is 16.8. The van der Waals surface area contributed by atoms with Crippen molar-refractivity contribution in [3.8, 4) is 0 Å². The molecule has 0 spiro atoms. The minimum absolute atomic E-state index is 0.0791. The number of nitrogens with one attached hydrogen (secondary N) is 1. The fourth-order valence-corrected chi connectivity index (χ4v) is 2.62. The summed E-state index contributed by atoms with van der Waals surface area (Å²) in [6, 6.07) is 19.5. The van der Waals surface area contributed by atoms with Crippen LogP contribution in [-0.4, -0.2) is 5.91 Å². The van der Waals surface area contributed by atoms with Gasteiger partial charge in [-0.05, 0) is 35.4 Å². The van der Waals surface area contributed by atoms with E-state index in [4.69, 9.17) is 4.42 Å². The summed E-state index contributed by atoms with van der Waals surface area (Å²) in [4.78, 5) is 12.3. The van der Waals surface area contributed by atoms with Crippen LogP contribution in [0.2, 0.25) is 0 Å². The van der Waals surface area contributed by atoms with Gasteiger partial charge in [0.25, 0.3) is 0 Å². The van der Waals surface area contributed by atoms with Crippen LogP contribution in [0, 0.1) is 5.82 Å². The lowest BCUT2D eigenvalue weighted by Gasteiger charge is -2.15. The summed E-state index contributed by atoms with van der Waals surface area (Å²) in [5, 5.41) is 2.92. The highest BCUT2D eigenvalue weighted by Crippen LogP contribution is 2.28. The molecule has 3 rings (SSSR count). The second-order valence-electron chi connectivity index (χ2n) is 5.59. The minimum Gasteiger partial charge on any atom is -0.469 e. The molecule has 0 saturated heterocycles. The number of furan rings is 1. The first-order valence-electron chi connectivity index (χ1n) is 7.82. The van der Waals surface area contributed by atoms with Crippen molar-refractivity contribution < 1.29 is 13.6 Å². The first-order chi connectivity index (χ1) is 11.7. The van der Waals surface area contributed by atoms with Crippen molar-refractivity contribution in [2.45, 2.75) is 18.9 Å². The Morgan fingerprint density at radius 2 is 1.75 bits per heavy atom. The smallest absolute Gasteiger partial charge is 0.221 e. The molecule has 4 heteroatoms. The summed E-state index contributed by atoms with van der Waals surface area (Å²) < 4.78 is 18.6. The highest BCUT2D eigenvalue weighted by atomic mass is 19.1. The average Bonchev–Trinajstić information content (AvgIpc) is 3.14. The Labute approximate surface area is 140 Å². The molecule has 3 aromatic rings. The molecule has 1 N–H and O–H groups in total. The van der Waals surface area contributed by atoms with Crippen LogP contribution in [0.4, 0.5) is 4.39 Å². The fourth-order valence-electron chi connectivity index (χ4n) is 2.62. The van der Waals surface area contributed by atoms with Crippen LogP contribution in [0.25, 0.3) is 0 Å². The molecule has 0 aliphatic rings. The molecule has 0 aliphatic heterocycles. The summed E-state index contributed by atoms with van der Waals surface area (Å²) in [5.41, 5.74) is 1.89. The Morgan fingerprint density at radius 3 is 2.42 bits per heavy atom. The molecule has 0 bridgehead atoms. The van der Waals surface area contributed by atoms with Gasteiger partial charge < -0.3 is 9.73 Å². The summed E-state index contributed by atoms with van der Waals surface area (Å²) >= 11 is 0. The van der Waals surface area contributed by atoms with Crippen molar-refractivity contribution in [3.05, 3.63) is 95.7 Å². The van der Waals surface area contributed by atoms with Crippen LogP contribution in [0.5, 0.6) is 0 Å². The van der Waals surface area contributed by atoms with E-state index in [-0.39, 0.29) is 24.1 Å². The summed E-state index contributed by atoms with van der Waals surface area (Å²) in [7, 11) is 0. The van der Waals surface area contributed by atoms with Crippen molar-refractivity contribution in [3.63, 3.8) is 0 Å². The predicted molar refractivity (Wildman–Crippen MR) is 89.9 cm³/mol. The van der Waals surface area contributed by atoms with E-state index < -0.39 is 0 Å². The zero-order valence-corrected chi connectivity index (χ0v) is 13.1. The van der Waals surface area contributed by atoms with Crippen molar-refractivity contribution >= 4 is 5.91 Å². The van der Waals surface area contributed by atoms with E-state index in [9.17, 15) is 9.18 Å². The Kier molecular flexibility index (Phi) is 5.06. The average molecular weight is 323 g/mol. The lowest BCUT2D eigenvalue weighted by Crippen LogP contribution is -2.24. The number of amides is 1. The Hall–Kier alpha value is -2.88. The fraction of sp³-hybridized carbons (Fsp3) is 0.150. The molecule has 2 aromatic carbocycles. The second kappa shape index (κ2) is 7.59. The van der Waals surface area contributed by atoms with E-state index in [0.29, 0.717) is 12.3 Å². The number of hydrogen-bond donors (Lipinski definition) is 1. The molecule has 1 amide bonds. The van der Waals surface area contributed by atoms with Gasteiger partial charge >= 0.3 is 0 Å². The molecule has 1 aromatic heterocycles. The van der Waals surface area contributed by atoms with E-state index in [0.717, 1.165) is 11.1 Å². The third kappa shape index (κ3) is 4.10. The second-order valence-corrected chi connectivity index (χ2v) is 5.59. The molecular formula is C20H18FNO2. The molecule has 0 fully saturated rings. The van der Waals surface area contributed by atoms with E-state index >= 15 is 0 Å². The van der Waals surface area contributed by atoms with E-state index in [1.807, 2.05) is 36.4 Å². The lowest BCUT2D eigenvalue weighted by atomic mass is 9.93. The summed E-state index contributed by atoms with van der Waals surface area (Å²) in [5.74, 6) is 0.0721. The summed E-state index contributed by atoms with van der Waals surface area (Å²) in [6.07, 6.45) is 1.82. The Balaban J connectivity index is 1.70. The van der Waals surface area contributed by atoms with E-state index in [1.54, 1.807) is 24.5 Å². The predicted octanol–water partition coefficient (Wildman–Crippen LogP) is 4.26. The van der Waals surface area contributed by atoms with Crippen LogP contribution in [0.15, 0.2) is 77.4 Å². The first kappa shape index (κ1) is 16.0. The molecule has 24 heavy (non-hydrogen) atoms. The molecule has 1 atom stereocenters. The highest BCUT2D eigenvalue weighted by Gasteiger charge is 2.20. The molecular weight excluding hydrogens is 305 g/mol. The minimum atomic E-state index is -0.300. The van der Waals surface area contributed by atoms with Gasteiger partial charge in [0, 0.05) is 13.0 Å². The van der Waals surface area contributed by atoms with Crippen LogP contribution >= 0.6 is 0 Å². The van der Waals surface area contributed by atoms with Gasteiger partial charge in [-0.25, -0.2) is 4.39 Å². The van der Waals surface area contributed by atoms with Gasteiger partial charge in [0.2, 0.25) is 5.91 Å². The van der Waals surface area contributed by atoms with Crippen LogP contribution < -0.4 is 5.32 Å². The quantitative estimate of drug-likeness (QED) is 0.736. The Bertz CT molecular complexity index is 767. The number of rotatable bonds is 6. The number of halogens is 1. The number of carbonyl (C=O) groups excluding carboxylic acids is 1. The van der Waals surface area contributed by atoms with Gasteiger partial charge in [0.1, 0.15) is 11.6 Å². The third-order valence-corrected chi connectivity index (χ3v) is 3.88. The number of carbonyl (C=O) groups is 1. The molecule has 0 aliphatic carbocycles. The van der Waals surface area contributed by atoms with Gasteiger partial charge in [-0.15, -0.1) is 0 Å². The maximum absolute atomic E-state index is 13.2. The van der Waals surface area contributed by atoms with Gasteiger partial charge in [0.05, 0.1) is 12.2 Å². The van der Waals surface area contributed by atoms with Crippen molar-refractivity contribution in [2.24, 2.45) is 0 Å². The highest BCUT2D eigenvalue weighted by molar-refractivity contribution is 5.77. The molecule has 122 valence electrons. The van der Waals surface area contributed by atoms with Crippen molar-refractivity contribution in [1.82, 2.24) is 5.32 Å². The summed E-state index contributed by atoms with van der Waals surface area (Å²) in [6.45, 7) is 0.480. The number of benzene rings is 2. The van der Waals surface area contributed by atoms with Gasteiger partial charge in [-0.3, -0.25) is 4.79 Å². The first-order valence-corrected chi connectivity index (χ1v) is 7.82. The molecule has 0 saturated carbocycles. The standard InChI is InChI=1S/C20H18FNO2/c21-17-10-8-16(9-11-17)18(19-7-4-12-24-19)13-20(23)22-14-15-5-2-1-3-6-15/h1-12,18H,13-14H2,(H,22,23). The maximum atomic E-state index is 13.2. The zero-order valence-electron chi connectivity index (χ0n) is 13.1. The van der Waals surface area contributed by atoms with Crippen molar-refractivity contribution in [2.75, 3.05) is 0 Å². The third-order valence-electron chi connectivity index (χ3n) is 3.88. The SMILES string of the molecule is O=C(CC(c1ccc(F)cc1)c1ccco1)NCc1ccccc1. The molecule has 1 unspecified atom stereocenters. The molecule has 1 heterocycles. The van der Waals surface area contributed by atoms with E-state index in [2.05, 4.69) is 5.32 Å². The maximum Gasteiger partial charge on any atom is 0.221 e. The van der Waals surface area contributed by atoms with Crippen LogP contribution in [-0.2, 0) is 11.3 Å². The topological polar surface area (TPSA) is 42.2 Å². The lowest BCUT2D eigenvalue weighted by molar-refractivity contribution is -0.121. The van der Waals surface area contributed by atoms with Gasteiger partial charge in [-0.1, -0.05) is 42.5 Å². The largest absolute Gasteiger partial charge is 0.469 e. The number of hydrogen-bond acceptors (Lipinski definition) is 2. The molecule has 3 nitrogen and oxygen atoms in total. The Morgan fingerprint density at radius 1 is 1.00 bits per heavy atom. The van der Waals surface area contributed by atoms with Crippen molar-refractivity contribution in [1.29, 1.82) is 0 Å².